The third-order valence-electron chi connectivity index (χ3n) is 2.03. The van der Waals surface area contributed by atoms with Crippen molar-refractivity contribution >= 4 is 15.8 Å². The first-order valence-electron chi connectivity index (χ1n) is 5.25. The molecular formula is C10H11F2NO6S. The van der Waals surface area contributed by atoms with Gasteiger partial charge in [0.15, 0.2) is 5.82 Å². The highest BCUT2D eigenvalue weighted by Gasteiger charge is 2.24. The van der Waals surface area contributed by atoms with Crippen molar-refractivity contribution in [3.8, 4) is 5.75 Å². The van der Waals surface area contributed by atoms with Crippen molar-refractivity contribution in [2.24, 2.45) is 0 Å². The minimum absolute atomic E-state index is 0.506. The van der Waals surface area contributed by atoms with Gasteiger partial charge in [-0.3, -0.25) is 14.3 Å². The zero-order valence-electron chi connectivity index (χ0n) is 10.5. The summed E-state index contributed by atoms with van der Waals surface area (Å²) in [5, 5.41) is 10.7. The van der Waals surface area contributed by atoms with Gasteiger partial charge in [0.2, 0.25) is 11.6 Å². The van der Waals surface area contributed by atoms with Crippen molar-refractivity contribution in [3.05, 3.63) is 33.9 Å². The van der Waals surface area contributed by atoms with Crippen LogP contribution in [0.3, 0.4) is 0 Å². The van der Waals surface area contributed by atoms with Crippen LogP contribution < -0.4 is 4.74 Å². The molecule has 0 bridgehead atoms. The quantitative estimate of drug-likeness (QED) is 0.450. The summed E-state index contributed by atoms with van der Waals surface area (Å²) in [6, 6.07) is 1.34. The van der Waals surface area contributed by atoms with Gasteiger partial charge in [-0.25, -0.2) is 4.39 Å². The molecule has 10 heteroatoms. The normalized spacial score (nSPS) is 13.0. The van der Waals surface area contributed by atoms with Crippen LogP contribution in [0.1, 0.15) is 6.92 Å². The Morgan fingerprint density at radius 3 is 2.50 bits per heavy atom. The standard InChI is InChI=1S/C10H11F2NO6S/c1-6(19-20(2,16)17)5-18-10-8(13(14)15)4-3-7(11)9(10)12/h3-4,6H,5H2,1-2H3. The summed E-state index contributed by atoms with van der Waals surface area (Å²) in [5.74, 6) is -3.74. The van der Waals surface area contributed by atoms with Crippen LogP contribution in [0.2, 0.25) is 0 Å². The summed E-state index contributed by atoms with van der Waals surface area (Å²) in [7, 11) is -3.75. The van der Waals surface area contributed by atoms with E-state index in [4.69, 9.17) is 4.74 Å². The van der Waals surface area contributed by atoms with E-state index in [1.54, 1.807) is 0 Å². The lowest BCUT2D eigenvalue weighted by atomic mass is 10.2. The van der Waals surface area contributed by atoms with Gasteiger partial charge in [0.05, 0.1) is 11.2 Å². The highest BCUT2D eigenvalue weighted by molar-refractivity contribution is 7.86. The van der Waals surface area contributed by atoms with E-state index in [0.717, 1.165) is 12.3 Å². The fourth-order valence-electron chi connectivity index (χ4n) is 1.33. The summed E-state index contributed by atoms with van der Waals surface area (Å²) < 4.78 is 57.4. The highest BCUT2D eigenvalue weighted by atomic mass is 32.2. The van der Waals surface area contributed by atoms with Gasteiger partial charge in [0.1, 0.15) is 12.7 Å². The molecule has 0 spiro atoms. The Balaban J connectivity index is 2.92. The van der Waals surface area contributed by atoms with Crippen molar-refractivity contribution in [1.82, 2.24) is 0 Å². The number of hydrogen-bond donors (Lipinski definition) is 0. The number of nitrogens with zero attached hydrogens (tertiary/aromatic N) is 1. The van der Waals surface area contributed by atoms with Gasteiger partial charge in [0, 0.05) is 6.07 Å². The molecule has 0 amide bonds. The van der Waals surface area contributed by atoms with Gasteiger partial charge >= 0.3 is 5.69 Å². The van der Waals surface area contributed by atoms with E-state index in [1.807, 2.05) is 0 Å². The minimum atomic E-state index is -3.75. The van der Waals surface area contributed by atoms with Crippen LogP contribution >= 0.6 is 0 Å². The molecule has 0 saturated heterocycles. The van der Waals surface area contributed by atoms with Crippen LogP contribution in [0.4, 0.5) is 14.5 Å². The van der Waals surface area contributed by atoms with Crippen LogP contribution in [0.5, 0.6) is 5.75 Å². The van der Waals surface area contributed by atoms with Crippen LogP contribution in [0.15, 0.2) is 12.1 Å². The topological polar surface area (TPSA) is 95.7 Å². The van der Waals surface area contributed by atoms with Crippen molar-refractivity contribution in [1.29, 1.82) is 0 Å². The Morgan fingerprint density at radius 2 is 2.00 bits per heavy atom. The van der Waals surface area contributed by atoms with E-state index in [-0.39, 0.29) is 0 Å². The third kappa shape index (κ3) is 4.38. The van der Waals surface area contributed by atoms with Crippen LogP contribution in [0, 0.1) is 21.7 Å². The van der Waals surface area contributed by atoms with E-state index in [0.29, 0.717) is 6.07 Å². The van der Waals surface area contributed by atoms with E-state index in [1.165, 1.54) is 6.92 Å². The zero-order valence-corrected chi connectivity index (χ0v) is 11.3. The maximum absolute atomic E-state index is 13.4. The Kier molecular flexibility index (Phi) is 4.95. The van der Waals surface area contributed by atoms with Gasteiger partial charge < -0.3 is 4.74 Å². The smallest absolute Gasteiger partial charge is 0.314 e. The predicted octanol–water partition coefficient (Wildman–Crippen LogP) is 1.62. The van der Waals surface area contributed by atoms with E-state index in [2.05, 4.69) is 4.18 Å². The Hall–Kier alpha value is -1.81. The maximum atomic E-state index is 13.4. The first-order chi connectivity index (χ1) is 9.11. The van der Waals surface area contributed by atoms with Gasteiger partial charge in [-0.2, -0.15) is 12.8 Å². The summed E-state index contributed by atoms with van der Waals surface area (Å²) in [6.07, 6.45) is -0.221. The first kappa shape index (κ1) is 16.2. The molecular weight excluding hydrogens is 300 g/mol. The number of hydrogen-bond acceptors (Lipinski definition) is 6. The number of halogens is 2. The predicted molar refractivity (Wildman–Crippen MR) is 63.9 cm³/mol. The van der Waals surface area contributed by atoms with Crippen molar-refractivity contribution < 1.29 is 31.0 Å². The molecule has 7 nitrogen and oxygen atoms in total. The minimum Gasteiger partial charge on any atom is -0.482 e. The summed E-state index contributed by atoms with van der Waals surface area (Å²) >= 11 is 0. The maximum Gasteiger partial charge on any atom is 0.314 e. The molecule has 1 rings (SSSR count). The zero-order chi connectivity index (χ0) is 15.5. The molecule has 0 fully saturated rings. The molecule has 1 unspecified atom stereocenters. The lowest BCUT2D eigenvalue weighted by Crippen LogP contribution is -2.22. The molecule has 0 aliphatic carbocycles. The van der Waals surface area contributed by atoms with Gasteiger partial charge in [-0.05, 0) is 13.0 Å². The monoisotopic (exact) mass is 311 g/mol. The van der Waals surface area contributed by atoms with E-state index >= 15 is 0 Å². The molecule has 1 aromatic rings. The SMILES string of the molecule is CC(COc1c([N+](=O)[O-])ccc(F)c1F)OS(C)(=O)=O. The molecule has 20 heavy (non-hydrogen) atoms. The Labute approximate surface area is 113 Å². The molecule has 0 radical (unpaired) electrons. The van der Waals surface area contributed by atoms with Crippen LogP contribution in [-0.4, -0.2) is 32.3 Å². The van der Waals surface area contributed by atoms with Gasteiger partial charge in [-0.15, -0.1) is 0 Å². The van der Waals surface area contributed by atoms with Crippen molar-refractivity contribution in [2.75, 3.05) is 12.9 Å². The second kappa shape index (κ2) is 6.09. The van der Waals surface area contributed by atoms with Crippen molar-refractivity contribution in [2.45, 2.75) is 13.0 Å². The fraction of sp³-hybridized carbons (Fsp3) is 0.400. The molecule has 1 atom stereocenters. The summed E-state index contributed by atoms with van der Waals surface area (Å²) in [5.41, 5.74) is -0.768. The summed E-state index contributed by atoms with van der Waals surface area (Å²) in [6.45, 7) is 0.790. The average Bonchev–Trinajstić information content (AvgIpc) is 2.28. The largest absolute Gasteiger partial charge is 0.482 e. The second-order valence-corrected chi connectivity index (χ2v) is 5.49. The first-order valence-corrected chi connectivity index (χ1v) is 7.07. The van der Waals surface area contributed by atoms with Crippen LogP contribution in [-0.2, 0) is 14.3 Å². The van der Waals surface area contributed by atoms with E-state index < -0.39 is 50.8 Å². The summed E-state index contributed by atoms with van der Waals surface area (Å²) in [4.78, 5) is 9.72. The highest BCUT2D eigenvalue weighted by Crippen LogP contribution is 2.31. The number of benzene rings is 1. The Bertz CT molecular complexity index is 618. The third-order valence-corrected chi connectivity index (χ3v) is 2.71. The molecule has 0 saturated carbocycles. The molecule has 0 aliphatic heterocycles. The lowest BCUT2D eigenvalue weighted by molar-refractivity contribution is -0.386. The second-order valence-electron chi connectivity index (χ2n) is 3.89. The van der Waals surface area contributed by atoms with Gasteiger partial charge in [-0.1, -0.05) is 0 Å². The molecule has 0 N–H and O–H groups in total. The Morgan fingerprint density at radius 1 is 1.40 bits per heavy atom. The number of nitro benzene ring substituents is 1. The van der Waals surface area contributed by atoms with Crippen molar-refractivity contribution in [3.63, 3.8) is 0 Å². The molecule has 112 valence electrons. The van der Waals surface area contributed by atoms with E-state index in [9.17, 15) is 27.3 Å². The molecule has 0 heterocycles. The lowest BCUT2D eigenvalue weighted by Gasteiger charge is -2.13. The average molecular weight is 311 g/mol. The fourth-order valence-corrected chi connectivity index (χ4v) is 1.98. The van der Waals surface area contributed by atoms with Crippen LogP contribution in [0.25, 0.3) is 0 Å². The number of rotatable bonds is 6. The molecule has 1 aromatic carbocycles. The number of nitro groups is 1. The van der Waals surface area contributed by atoms with Gasteiger partial charge in [0.25, 0.3) is 10.1 Å². The molecule has 0 aliphatic rings. The number of ether oxygens (including phenoxy) is 1. The molecule has 0 aromatic heterocycles.